The number of amides is 1. The topological polar surface area (TPSA) is 98.0 Å². The van der Waals surface area contributed by atoms with Gasteiger partial charge in [0.25, 0.3) is 5.91 Å². The number of nitrogens with zero attached hydrogens (tertiary/aromatic N) is 3. The van der Waals surface area contributed by atoms with E-state index in [0.29, 0.717) is 18.7 Å². The lowest BCUT2D eigenvalue weighted by molar-refractivity contribution is -0.152. The van der Waals surface area contributed by atoms with Crippen LogP contribution in [0.25, 0.3) is 4.96 Å². The van der Waals surface area contributed by atoms with Crippen LogP contribution in [0.5, 0.6) is 0 Å². The molecular weight excluding hydrogens is 366 g/mol. The summed E-state index contributed by atoms with van der Waals surface area (Å²) >= 11 is 1.46. The maximum Gasteiger partial charge on any atom is 0.312 e. The Morgan fingerprint density at radius 3 is 2.92 bits per heavy atom. The van der Waals surface area contributed by atoms with Crippen molar-refractivity contribution in [2.45, 2.75) is 25.8 Å². The fraction of sp³-hybridized carbons (Fsp3) is 0.533. The number of ether oxygens (including phenoxy) is 1. The van der Waals surface area contributed by atoms with Gasteiger partial charge in [-0.2, -0.15) is 0 Å². The van der Waals surface area contributed by atoms with Crippen LogP contribution in [0.4, 0.5) is 0 Å². The summed E-state index contributed by atoms with van der Waals surface area (Å²) in [6.45, 7) is 1.78. The van der Waals surface area contributed by atoms with Gasteiger partial charge in [0.1, 0.15) is 0 Å². The van der Waals surface area contributed by atoms with Gasteiger partial charge in [0, 0.05) is 30.4 Å². The SMILES string of the molecule is CCN(C(=O)COC(=O)Cc1cn2ccsc2n1)[C@H]1CCS(=O)(=O)C1. The zero-order valence-corrected chi connectivity index (χ0v) is 15.4. The highest BCUT2D eigenvalue weighted by molar-refractivity contribution is 7.91. The van der Waals surface area contributed by atoms with Crippen LogP contribution in [0.15, 0.2) is 17.8 Å². The third kappa shape index (κ3) is 4.18. The van der Waals surface area contributed by atoms with E-state index in [1.54, 1.807) is 13.1 Å². The predicted octanol–water partition coefficient (Wildman–Crippen LogP) is 0.517. The molecule has 1 fully saturated rings. The molecule has 1 amide bonds. The quantitative estimate of drug-likeness (QED) is 0.672. The standard InChI is InChI=1S/C15H19N3O5S2/c1-2-18(12-3-6-25(21,22)10-12)13(19)9-23-14(20)7-11-8-17-4-5-24-15(17)16-11/h4-5,8,12H,2-3,6-7,9-10H2,1H3/t12-/m0/s1. The maximum atomic E-state index is 12.3. The Morgan fingerprint density at radius 2 is 2.28 bits per heavy atom. The number of hydrogen-bond acceptors (Lipinski definition) is 7. The molecule has 3 heterocycles. The molecule has 0 unspecified atom stereocenters. The molecule has 0 aromatic carbocycles. The van der Waals surface area contributed by atoms with Gasteiger partial charge in [0.2, 0.25) is 0 Å². The first-order valence-corrected chi connectivity index (χ1v) is 10.6. The number of likely N-dealkylation sites (N-methyl/N-ethyl adjacent to an activating group) is 1. The van der Waals surface area contributed by atoms with Crippen molar-refractivity contribution in [3.63, 3.8) is 0 Å². The summed E-state index contributed by atoms with van der Waals surface area (Å²) in [5.41, 5.74) is 0.582. The summed E-state index contributed by atoms with van der Waals surface area (Å²) in [4.78, 5) is 30.7. The summed E-state index contributed by atoms with van der Waals surface area (Å²) in [5, 5.41) is 1.89. The van der Waals surface area contributed by atoms with Crippen LogP contribution >= 0.6 is 11.3 Å². The average molecular weight is 385 g/mol. The molecule has 0 saturated carbocycles. The molecule has 1 saturated heterocycles. The fourth-order valence-electron chi connectivity index (χ4n) is 2.94. The van der Waals surface area contributed by atoms with Gasteiger partial charge in [-0.1, -0.05) is 0 Å². The molecule has 8 nitrogen and oxygen atoms in total. The Hall–Kier alpha value is -1.94. The Balaban J connectivity index is 1.51. The Bertz CT molecular complexity index is 858. The summed E-state index contributed by atoms with van der Waals surface area (Å²) in [6.07, 6.45) is 4.02. The van der Waals surface area contributed by atoms with Crippen LogP contribution in [-0.4, -0.2) is 65.3 Å². The van der Waals surface area contributed by atoms with Crippen LogP contribution in [-0.2, 0) is 30.6 Å². The molecule has 2 aromatic rings. The average Bonchev–Trinajstić information content (AvgIpc) is 3.21. The number of hydrogen-bond donors (Lipinski definition) is 0. The van der Waals surface area contributed by atoms with Gasteiger partial charge >= 0.3 is 5.97 Å². The molecule has 136 valence electrons. The lowest BCUT2D eigenvalue weighted by Gasteiger charge is -2.26. The van der Waals surface area contributed by atoms with Gasteiger partial charge in [-0.25, -0.2) is 13.4 Å². The molecule has 0 bridgehead atoms. The first-order chi connectivity index (χ1) is 11.9. The van der Waals surface area contributed by atoms with Crippen LogP contribution in [0, 0.1) is 0 Å². The van der Waals surface area contributed by atoms with E-state index >= 15 is 0 Å². The van der Waals surface area contributed by atoms with Crippen molar-refractivity contribution in [2.24, 2.45) is 0 Å². The maximum absolute atomic E-state index is 12.3. The molecule has 0 radical (unpaired) electrons. The zero-order chi connectivity index (χ0) is 18.0. The largest absolute Gasteiger partial charge is 0.455 e. The van der Waals surface area contributed by atoms with E-state index in [9.17, 15) is 18.0 Å². The van der Waals surface area contributed by atoms with E-state index in [2.05, 4.69) is 4.98 Å². The summed E-state index contributed by atoms with van der Waals surface area (Å²) < 4.78 is 30.0. The molecular formula is C15H19N3O5S2. The van der Waals surface area contributed by atoms with Gasteiger partial charge < -0.3 is 9.64 Å². The molecule has 1 aliphatic heterocycles. The highest BCUT2D eigenvalue weighted by atomic mass is 32.2. The summed E-state index contributed by atoms with van der Waals surface area (Å²) in [6, 6.07) is -0.332. The second-order valence-electron chi connectivity index (χ2n) is 5.90. The number of fused-ring (bicyclic) bond motifs is 1. The van der Waals surface area contributed by atoms with E-state index < -0.39 is 15.8 Å². The molecule has 3 rings (SSSR count). The second-order valence-corrected chi connectivity index (χ2v) is 9.00. The van der Waals surface area contributed by atoms with E-state index in [1.165, 1.54) is 16.2 Å². The number of rotatable bonds is 6. The highest BCUT2D eigenvalue weighted by Crippen LogP contribution is 2.18. The fourth-order valence-corrected chi connectivity index (χ4v) is 5.39. The number of thiazole rings is 1. The van der Waals surface area contributed by atoms with E-state index in [1.807, 2.05) is 16.0 Å². The number of imidazole rings is 1. The smallest absolute Gasteiger partial charge is 0.312 e. The molecule has 2 aromatic heterocycles. The number of esters is 1. The van der Waals surface area contributed by atoms with Crippen molar-refractivity contribution >= 4 is 38.0 Å². The molecule has 1 atom stereocenters. The second kappa shape index (κ2) is 7.12. The van der Waals surface area contributed by atoms with Crippen molar-refractivity contribution in [3.8, 4) is 0 Å². The van der Waals surface area contributed by atoms with Crippen molar-refractivity contribution in [1.82, 2.24) is 14.3 Å². The number of carbonyl (C=O) groups is 2. The van der Waals surface area contributed by atoms with Crippen molar-refractivity contribution < 1.29 is 22.7 Å². The van der Waals surface area contributed by atoms with Crippen molar-refractivity contribution in [3.05, 3.63) is 23.5 Å². The summed E-state index contributed by atoms with van der Waals surface area (Å²) in [7, 11) is -3.07. The number of aromatic nitrogens is 2. The molecule has 0 spiro atoms. The minimum absolute atomic E-state index is 0.00832. The molecule has 25 heavy (non-hydrogen) atoms. The van der Waals surface area contributed by atoms with Crippen LogP contribution in [0.3, 0.4) is 0 Å². The van der Waals surface area contributed by atoms with Crippen LogP contribution in [0.1, 0.15) is 19.0 Å². The Kier molecular flexibility index (Phi) is 5.09. The monoisotopic (exact) mass is 385 g/mol. The van der Waals surface area contributed by atoms with Gasteiger partial charge in [-0.3, -0.25) is 14.0 Å². The number of sulfone groups is 1. The first kappa shape index (κ1) is 17.9. The number of carbonyl (C=O) groups excluding carboxylic acids is 2. The Labute approximate surface area is 149 Å². The highest BCUT2D eigenvalue weighted by Gasteiger charge is 2.34. The minimum Gasteiger partial charge on any atom is -0.455 e. The first-order valence-electron chi connectivity index (χ1n) is 7.94. The lowest BCUT2D eigenvalue weighted by atomic mass is 10.2. The molecule has 1 aliphatic rings. The molecule has 0 N–H and O–H groups in total. The molecule has 10 heteroatoms. The van der Waals surface area contributed by atoms with Gasteiger partial charge in [0.15, 0.2) is 21.4 Å². The van der Waals surface area contributed by atoms with Crippen molar-refractivity contribution in [2.75, 3.05) is 24.7 Å². The van der Waals surface area contributed by atoms with Gasteiger partial charge in [-0.15, -0.1) is 11.3 Å². The molecule has 0 aliphatic carbocycles. The van der Waals surface area contributed by atoms with E-state index in [-0.39, 0.29) is 36.5 Å². The van der Waals surface area contributed by atoms with Crippen LogP contribution in [0.2, 0.25) is 0 Å². The Morgan fingerprint density at radius 1 is 1.48 bits per heavy atom. The zero-order valence-electron chi connectivity index (χ0n) is 13.8. The van der Waals surface area contributed by atoms with E-state index in [4.69, 9.17) is 4.74 Å². The van der Waals surface area contributed by atoms with Gasteiger partial charge in [0.05, 0.1) is 23.6 Å². The third-order valence-electron chi connectivity index (χ3n) is 4.14. The lowest BCUT2D eigenvalue weighted by Crippen LogP contribution is -2.43. The minimum atomic E-state index is -3.07. The van der Waals surface area contributed by atoms with E-state index in [0.717, 1.165) is 4.96 Å². The van der Waals surface area contributed by atoms with Crippen molar-refractivity contribution in [1.29, 1.82) is 0 Å². The normalized spacial score (nSPS) is 19.2. The van der Waals surface area contributed by atoms with Crippen LogP contribution < -0.4 is 0 Å². The summed E-state index contributed by atoms with van der Waals surface area (Å²) in [5.74, 6) is -0.831. The third-order valence-corrected chi connectivity index (χ3v) is 6.66. The predicted molar refractivity (Wildman–Crippen MR) is 92.2 cm³/mol. The van der Waals surface area contributed by atoms with Gasteiger partial charge in [-0.05, 0) is 13.3 Å².